The van der Waals surface area contributed by atoms with Gasteiger partial charge >= 0.3 is 0 Å². The number of rotatable bonds is 4. The van der Waals surface area contributed by atoms with Gasteiger partial charge in [0.25, 0.3) is 0 Å². The summed E-state index contributed by atoms with van der Waals surface area (Å²) >= 11 is -1.54. The molecule has 0 fully saturated rings. The van der Waals surface area contributed by atoms with Crippen molar-refractivity contribution in [2.45, 2.75) is 18.7 Å². The lowest BCUT2D eigenvalue weighted by molar-refractivity contribution is 0.101. The summed E-state index contributed by atoms with van der Waals surface area (Å²) in [5.74, 6) is -0.103. The van der Waals surface area contributed by atoms with Crippen LogP contribution in [-0.2, 0) is 15.3 Å². The number of ketones is 1. The molecule has 1 atom stereocenters. The van der Waals surface area contributed by atoms with Crippen molar-refractivity contribution in [3.05, 3.63) is 29.8 Å². The van der Waals surface area contributed by atoms with Crippen LogP contribution in [0, 0.1) is 0 Å². The van der Waals surface area contributed by atoms with Crippen molar-refractivity contribution in [2.24, 2.45) is 0 Å². The average molecular weight is 212 g/mol. The van der Waals surface area contributed by atoms with E-state index in [1.807, 2.05) is 0 Å². The van der Waals surface area contributed by atoms with Crippen LogP contribution in [0.15, 0.2) is 29.2 Å². The molecule has 0 saturated heterocycles. The SMILES string of the molecule is CCOS(=O)c1ccccc1C(C)=O. The maximum atomic E-state index is 11.5. The highest BCUT2D eigenvalue weighted by molar-refractivity contribution is 7.80. The van der Waals surface area contributed by atoms with Gasteiger partial charge in [0.15, 0.2) is 16.9 Å². The standard InChI is InChI=1S/C10H12O3S/c1-3-13-14(12)10-7-5-4-6-9(10)8(2)11/h4-7H,3H2,1-2H3. The topological polar surface area (TPSA) is 43.4 Å². The van der Waals surface area contributed by atoms with Crippen LogP contribution in [0.25, 0.3) is 0 Å². The van der Waals surface area contributed by atoms with Crippen LogP contribution in [0.3, 0.4) is 0 Å². The van der Waals surface area contributed by atoms with Crippen LogP contribution in [0.2, 0.25) is 0 Å². The number of benzene rings is 1. The van der Waals surface area contributed by atoms with Crippen LogP contribution in [0.5, 0.6) is 0 Å². The third-order valence-electron chi connectivity index (χ3n) is 1.67. The molecule has 0 aliphatic rings. The summed E-state index contributed by atoms with van der Waals surface area (Å²) < 4.78 is 16.4. The van der Waals surface area contributed by atoms with Crippen LogP contribution in [0.1, 0.15) is 24.2 Å². The van der Waals surface area contributed by atoms with E-state index in [1.54, 1.807) is 31.2 Å². The second-order valence-electron chi connectivity index (χ2n) is 2.69. The Labute approximate surface area is 85.7 Å². The molecule has 1 rings (SSSR count). The van der Waals surface area contributed by atoms with E-state index in [-0.39, 0.29) is 5.78 Å². The first-order chi connectivity index (χ1) is 6.66. The maximum Gasteiger partial charge on any atom is 0.189 e. The van der Waals surface area contributed by atoms with E-state index >= 15 is 0 Å². The Morgan fingerprint density at radius 3 is 2.64 bits per heavy atom. The average Bonchev–Trinajstić information content (AvgIpc) is 2.18. The Balaban J connectivity index is 3.07. The molecule has 0 spiro atoms. The van der Waals surface area contributed by atoms with E-state index < -0.39 is 11.1 Å². The molecule has 0 aliphatic heterocycles. The largest absolute Gasteiger partial charge is 0.294 e. The van der Waals surface area contributed by atoms with Gasteiger partial charge in [-0.3, -0.25) is 8.98 Å². The predicted molar refractivity (Wildman–Crippen MR) is 54.5 cm³/mol. The lowest BCUT2D eigenvalue weighted by atomic mass is 10.1. The number of carbonyl (C=O) groups excluding carboxylic acids is 1. The van der Waals surface area contributed by atoms with Crippen molar-refractivity contribution in [3.63, 3.8) is 0 Å². The first-order valence-electron chi connectivity index (χ1n) is 4.31. The minimum absolute atomic E-state index is 0.103. The minimum atomic E-state index is -1.54. The van der Waals surface area contributed by atoms with Crippen molar-refractivity contribution in [3.8, 4) is 0 Å². The number of Topliss-reactive ketones (excluding diaryl/α,β-unsaturated/α-hetero) is 1. The number of carbonyl (C=O) groups is 1. The normalized spacial score (nSPS) is 12.4. The molecule has 0 radical (unpaired) electrons. The fourth-order valence-electron chi connectivity index (χ4n) is 1.07. The Kier molecular flexibility index (Phi) is 3.98. The van der Waals surface area contributed by atoms with Gasteiger partial charge < -0.3 is 0 Å². The third-order valence-corrected chi connectivity index (χ3v) is 2.84. The fourth-order valence-corrected chi connectivity index (χ4v) is 2.00. The molecule has 1 unspecified atom stereocenters. The molecule has 0 N–H and O–H groups in total. The molecule has 1 aromatic rings. The zero-order chi connectivity index (χ0) is 10.6. The highest BCUT2D eigenvalue weighted by Crippen LogP contribution is 2.14. The molecular weight excluding hydrogens is 200 g/mol. The molecule has 3 nitrogen and oxygen atoms in total. The summed E-state index contributed by atoms with van der Waals surface area (Å²) in [6, 6.07) is 6.76. The summed E-state index contributed by atoms with van der Waals surface area (Å²) in [6.07, 6.45) is 0. The van der Waals surface area contributed by atoms with E-state index in [1.165, 1.54) is 6.92 Å². The van der Waals surface area contributed by atoms with Crippen LogP contribution in [0.4, 0.5) is 0 Å². The minimum Gasteiger partial charge on any atom is -0.294 e. The zero-order valence-electron chi connectivity index (χ0n) is 8.15. The summed E-state index contributed by atoms with van der Waals surface area (Å²) in [5.41, 5.74) is 0.458. The molecule has 4 heteroatoms. The monoisotopic (exact) mass is 212 g/mol. The summed E-state index contributed by atoms with van der Waals surface area (Å²) in [4.78, 5) is 11.6. The smallest absolute Gasteiger partial charge is 0.189 e. The zero-order valence-corrected chi connectivity index (χ0v) is 8.97. The van der Waals surface area contributed by atoms with Gasteiger partial charge in [-0.1, -0.05) is 18.2 Å². The second-order valence-corrected chi connectivity index (χ2v) is 3.84. The van der Waals surface area contributed by atoms with E-state index in [0.29, 0.717) is 17.1 Å². The molecule has 0 aliphatic carbocycles. The molecule has 76 valence electrons. The molecule has 14 heavy (non-hydrogen) atoms. The van der Waals surface area contributed by atoms with E-state index in [2.05, 4.69) is 0 Å². The molecule has 0 amide bonds. The fraction of sp³-hybridized carbons (Fsp3) is 0.300. The lowest BCUT2D eigenvalue weighted by Gasteiger charge is -2.04. The molecule has 0 heterocycles. The van der Waals surface area contributed by atoms with Gasteiger partial charge in [-0.15, -0.1) is 0 Å². The van der Waals surface area contributed by atoms with Crippen molar-refractivity contribution >= 4 is 16.9 Å². The molecule has 0 bridgehead atoms. The van der Waals surface area contributed by atoms with Gasteiger partial charge in [0.05, 0.1) is 11.5 Å². The van der Waals surface area contributed by atoms with E-state index in [0.717, 1.165) is 0 Å². The number of hydrogen-bond acceptors (Lipinski definition) is 3. The van der Waals surface area contributed by atoms with Crippen molar-refractivity contribution < 1.29 is 13.2 Å². The Hall–Kier alpha value is -1.00. The van der Waals surface area contributed by atoms with Crippen LogP contribution >= 0.6 is 0 Å². The second kappa shape index (κ2) is 5.02. The predicted octanol–water partition coefficient (Wildman–Crippen LogP) is 1.95. The van der Waals surface area contributed by atoms with Gasteiger partial charge in [-0.05, 0) is 19.9 Å². The molecule has 1 aromatic carbocycles. The Morgan fingerprint density at radius 1 is 1.43 bits per heavy atom. The summed E-state index contributed by atoms with van der Waals surface area (Å²) in [6.45, 7) is 3.56. The third kappa shape index (κ3) is 2.49. The van der Waals surface area contributed by atoms with Crippen LogP contribution < -0.4 is 0 Å². The van der Waals surface area contributed by atoms with Crippen molar-refractivity contribution in [1.29, 1.82) is 0 Å². The van der Waals surface area contributed by atoms with E-state index in [9.17, 15) is 9.00 Å². The van der Waals surface area contributed by atoms with E-state index in [4.69, 9.17) is 4.18 Å². The van der Waals surface area contributed by atoms with Gasteiger partial charge in [-0.2, -0.15) is 0 Å². The first kappa shape index (κ1) is 11.1. The van der Waals surface area contributed by atoms with Gasteiger partial charge in [0.1, 0.15) is 0 Å². The Bertz CT molecular complexity index is 360. The molecule has 0 saturated carbocycles. The number of hydrogen-bond donors (Lipinski definition) is 0. The van der Waals surface area contributed by atoms with Gasteiger partial charge in [-0.25, -0.2) is 4.21 Å². The highest BCUT2D eigenvalue weighted by Gasteiger charge is 2.12. The molecular formula is C10H12O3S. The van der Waals surface area contributed by atoms with Crippen LogP contribution in [-0.4, -0.2) is 16.6 Å². The molecule has 0 aromatic heterocycles. The quantitative estimate of drug-likeness (QED) is 0.716. The maximum absolute atomic E-state index is 11.5. The first-order valence-corrected chi connectivity index (χ1v) is 5.39. The highest BCUT2D eigenvalue weighted by atomic mass is 32.2. The summed E-state index contributed by atoms with van der Waals surface area (Å²) in [5, 5.41) is 0. The van der Waals surface area contributed by atoms with Gasteiger partial charge in [0.2, 0.25) is 0 Å². The van der Waals surface area contributed by atoms with Crippen molar-refractivity contribution in [1.82, 2.24) is 0 Å². The van der Waals surface area contributed by atoms with Crippen molar-refractivity contribution in [2.75, 3.05) is 6.61 Å². The van der Waals surface area contributed by atoms with Gasteiger partial charge in [0, 0.05) is 5.56 Å². The summed E-state index contributed by atoms with van der Waals surface area (Å²) in [7, 11) is 0. The Morgan fingerprint density at radius 2 is 2.07 bits per heavy atom. The lowest BCUT2D eigenvalue weighted by Crippen LogP contribution is -2.04.